The summed E-state index contributed by atoms with van der Waals surface area (Å²) < 4.78 is 13.1. The van der Waals surface area contributed by atoms with Crippen molar-refractivity contribution >= 4 is 23.3 Å². The lowest BCUT2D eigenvalue weighted by molar-refractivity contribution is 0.0735. The summed E-state index contributed by atoms with van der Waals surface area (Å²) in [5.41, 5.74) is 1.40. The summed E-state index contributed by atoms with van der Waals surface area (Å²) in [4.78, 5) is 18.8. The normalized spacial score (nSPS) is 13.6. The molecular formula is C18H19ClFN3O. The van der Waals surface area contributed by atoms with Crippen LogP contribution in [0.15, 0.2) is 36.4 Å². The third-order valence-corrected chi connectivity index (χ3v) is 4.24. The van der Waals surface area contributed by atoms with Gasteiger partial charge in [0.2, 0.25) is 0 Å². The fourth-order valence-electron chi connectivity index (χ4n) is 2.57. The first-order valence-electron chi connectivity index (χ1n) is 7.94. The van der Waals surface area contributed by atoms with E-state index >= 15 is 0 Å². The predicted molar refractivity (Wildman–Crippen MR) is 92.7 cm³/mol. The number of nitrogens with one attached hydrogen (secondary N) is 1. The topological polar surface area (TPSA) is 45.2 Å². The van der Waals surface area contributed by atoms with Crippen LogP contribution in [0.1, 0.15) is 28.8 Å². The Morgan fingerprint density at radius 2 is 2.04 bits per heavy atom. The third kappa shape index (κ3) is 4.23. The Kier molecular flexibility index (Phi) is 5.00. The average molecular weight is 348 g/mol. The molecule has 1 fully saturated rings. The van der Waals surface area contributed by atoms with Crippen LogP contribution in [0.2, 0.25) is 5.15 Å². The number of hydrogen-bond acceptors (Lipinski definition) is 3. The SMILES string of the molecule is CNc1cc(C(=O)N(Cc2ccc(F)cc2)CC2CC2)cc(Cl)n1. The monoisotopic (exact) mass is 347 g/mol. The van der Waals surface area contributed by atoms with Gasteiger partial charge < -0.3 is 10.2 Å². The second-order valence-electron chi connectivity index (χ2n) is 6.07. The number of rotatable bonds is 6. The van der Waals surface area contributed by atoms with Gasteiger partial charge in [0.25, 0.3) is 5.91 Å². The maximum absolute atomic E-state index is 13.1. The summed E-state index contributed by atoms with van der Waals surface area (Å²) in [5.74, 6) is 0.736. The molecule has 1 amide bonds. The molecule has 0 saturated heterocycles. The van der Waals surface area contributed by atoms with Crippen molar-refractivity contribution in [1.29, 1.82) is 0 Å². The Balaban J connectivity index is 1.83. The number of hydrogen-bond donors (Lipinski definition) is 1. The first kappa shape index (κ1) is 16.7. The van der Waals surface area contributed by atoms with Gasteiger partial charge >= 0.3 is 0 Å². The maximum atomic E-state index is 13.1. The lowest BCUT2D eigenvalue weighted by Crippen LogP contribution is -2.32. The first-order chi connectivity index (χ1) is 11.5. The molecule has 0 radical (unpaired) electrons. The van der Waals surface area contributed by atoms with Crippen LogP contribution in [0.5, 0.6) is 0 Å². The van der Waals surface area contributed by atoms with Gasteiger partial charge in [0, 0.05) is 25.7 Å². The van der Waals surface area contributed by atoms with Crippen LogP contribution in [0.3, 0.4) is 0 Å². The Bertz CT molecular complexity index is 732. The van der Waals surface area contributed by atoms with Gasteiger partial charge in [-0.3, -0.25) is 4.79 Å². The van der Waals surface area contributed by atoms with Gasteiger partial charge in [-0.1, -0.05) is 23.7 Å². The van der Waals surface area contributed by atoms with E-state index in [2.05, 4.69) is 10.3 Å². The Morgan fingerprint density at radius 1 is 1.33 bits per heavy atom. The molecule has 6 heteroatoms. The second-order valence-corrected chi connectivity index (χ2v) is 6.46. The zero-order valence-corrected chi connectivity index (χ0v) is 14.2. The fraction of sp³-hybridized carbons (Fsp3) is 0.333. The molecule has 1 aromatic carbocycles. The molecule has 24 heavy (non-hydrogen) atoms. The van der Waals surface area contributed by atoms with Crippen LogP contribution in [0, 0.1) is 11.7 Å². The molecule has 1 saturated carbocycles. The lowest BCUT2D eigenvalue weighted by Gasteiger charge is -2.23. The number of amides is 1. The van der Waals surface area contributed by atoms with E-state index in [0.29, 0.717) is 30.4 Å². The Hall–Kier alpha value is -2.14. The maximum Gasteiger partial charge on any atom is 0.254 e. The highest BCUT2D eigenvalue weighted by Gasteiger charge is 2.27. The van der Waals surface area contributed by atoms with Crippen molar-refractivity contribution in [1.82, 2.24) is 9.88 Å². The summed E-state index contributed by atoms with van der Waals surface area (Å²) >= 11 is 6.01. The summed E-state index contributed by atoms with van der Waals surface area (Å²) in [6, 6.07) is 9.52. The number of anilines is 1. The van der Waals surface area contributed by atoms with Crippen molar-refractivity contribution in [3.63, 3.8) is 0 Å². The first-order valence-corrected chi connectivity index (χ1v) is 8.32. The molecule has 126 valence electrons. The molecule has 4 nitrogen and oxygen atoms in total. The van der Waals surface area contributed by atoms with Crippen molar-refractivity contribution in [2.24, 2.45) is 5.92 Å². The van der Waals surface area contributed by atoms with Crippen LogP contribution in [-0.4, -0.2) is 29.4 Å². The summed E-state index contributed by atoms with van der Waals surface area (Å²) in [5, 5.41) is 3.18. The molecule has 1 aliphatic carbocycles. The molecule has 3 rings (SSSR count). The number of benzene rings is 1. The number of nitrogens with zero attached hydrogens (tertiary/aromatic N) is 2. The molecule has 0 spiro atoms. The van der Waals surface area contributed by atoms with Gasteiger partial charge in [-0.25, -0.2) is 9.37 Å². The molecule has 1 aromatic heterocycles. The van der Waals surface area contributed by atoms with Gasteiger partial charge in [0.15, 0.2) is 0 Å². The molecule has 0 unspecified atom stereocenters. The summed E-state index contributed by atoms with van der Waals surface area (Å²) in [6.07, 6.45) is 2.29. The van der Waals surface area contributed by atoms with Crippen molar-refractivity contribution in [3.8, 4) is 0 Å². The van der Waals surface area contributed by atoms with E-state index < -0.39 is 0 Å². The van der Waals surface area contributed by atoms with Gasteiger partial charge in [-0.05, 0) is 48.6 Å². The summed E-state index contributed by atoms with van der Waals surface area (Å²) in [6.45, 7) is 1.15. The van der Waals surface area contributed by atoms with E-state index in [1.807, 2.05) is 0 Å². The minimum Gasteiger partial charge on any atom is -0.373 e. The van der Waals surface area contributed by atoms with E-state index in [9.17, 15) is 9.18 Å². The van der Waals surface area contributed by atoms with Gasteiger partial charge in [0.1, 0.15) is 16.8 Å². The Morgan fingerprint density at radius 3 is 2.67 bits per heavy atom. The number of aromatic nitrogens is 1. The van der Waals surface area contributed by atoms with E-state index in [0.717, 1.165) is 18.4 Å². The second kappa shape index (κ2) is 7.18. The Labute approximate surface area is 145 Å². The molecule has 1 N–H and O–H groups in total. The number of carbonyl (C=O) groups excluding carboxylic acids is 1. The highest BCUT2D eigenvalue weighted by Crippen LogP contribution is 2.31. The molecule has 2 aromatic rings. The minimum absolute atomic E-state index is 0.0907. The van der Waals surface area contributed by atoms with Crippen molar-refractivity contribution in [2.75, 3.05) is 18.9 Å². The predicted octanol–water partition coefficient (Wildman–Crippen LogP) is 3.97. The molecule has 0 aliphatic heterocycles. The van der Waals surface area contributed by atoms with Crippen LogP contribution < -0.4 is 5.32 Å². The zero-order valence-electron chi connectivity index (χ0n) is 13.4. The quantitative estimate of drug-likeness (QED) is 0.804. The largest absolute Gasteiger partial charge is 0.373 e. The van der Waals surface area contributed by atoms with Crippen LogP contribution in [-0.2, 0) is 6.54 Å². The van der Waals surface area contributed by atoms with Crippen LogP contribution >= 0.6 is 11.6 Å². The number of halogens is 2. The lowest BCUT2D eigenvalue weighted by atomic mass is 10.1. The number of carbonyl (C=O) groups is 1. The average Bonchev–Trinajstić information content (AvgIpc) is 3.39. The van der Waals surface area contributed by atoms with Gasteiger partial charge in [0.05, 0.1) is 0 Å². The van der Waals surface area contributed by atoms with Crippen LogP contribution in [0.25, 0.3) is 0 Å². The zero-order chi connectivity index (χ0) is 17.1. The van der Waals surface area contributed by atoms with Crippen molar-refractivity contribution in [3.05, 3.63) is 58.5 Å². The molecule has 0 bridgehead atoms. The highest BCUT2D eigenvalue weighted by atomic mass is 35.5. The van der Waals surface area contributed by atoms with E-state index in [4.69, 9.17) is 11.6 Å². The molecular weight excluding hydrogens is 329 g/mol. The van der Waals surface area contributed by atoms with Crippen molar-refractivity contribution < 1.29 is 9.18 Å². The van der Waals surface area contributed by atoms with Gasteiger partial charge in [-0.2, -0.15) is 0 Å². The van der Waals surface area contributed by atoms with Crippen molar-refractivity contribution in [2.45, 2.75) is 19.4 Å². The van der Waals surface area contributed by atoms with E-state index in [1.54, 1.807) is 36.2 Å². The molecule has 1 aliphatic rings. The third-order valence-electron chi connectivity index (χ3n) is 4.05. The van der Waals surface area contributed by atoms with Gasteiger partial charge in [-0.15, -0.1) is 0 Å². The minimum atomic E-state index is -0.279. The number of pyridine rings is 1. The standard InChI is InChI=1S/C18H19ClFN3O/c1-21-17-9-14(8-16(19)22-17)18(24)23(10-12-2-3-12)11-13-4-6-15(20)7-5-13/h4-9,12H,2-3,10-11H2,1H3,(H,21,22). The summed E-state index contributed by atoms with van der Waals surface area (Å²) in [7, 11) is 1.73. The highest BCUT2D eigenvalue weighted by molar-refractivity contribution is 6.29. The van der Waals surface area contributed by atoms with Crippen LogP contribution in [0.4, 0.5) is 10.2 Å². The smallest absolute Gasteiger partial charge is 0.254 e. The van der Waals surface area contributed by atoms with E-state index in [-0.39, 0.29) is 16.9 Å². The fourth-order valence-corrected chi connectivity index (χ4v) is 2.78. The van der Waals surface area contributed by atoms with E-state index in [1.165, 1.54) is 12.1 Å². The molecule has 0 atom stereocenters. The molecule has 1 heterocycles.